The molecule has 0 aliphatic carbocycles. The third-order valence-electron chi connectivity index (χ3n) is 4.41. The third-order valence-corrected chi connectivity index (χ3v) is 5.43. The van der Waals surface area contributed by atoms with Crippen molar-refractivity contribution in [2.75, 3.05) is 11.1 Å². The van der Waals surface area contributed by atoms with Gasteiger partial charge in [-0.05, 0) is 36.1 Å². The van der Waals surface area contributed by atoms with Gasteiger partial charge in [0.25, 0.3) is 0 Å². The Bertz CT molecular complexity index is 932. The van der Waals surface area contributed by atoms with Crippen LogP contribution in [0.5, 0.6) is 0 Å². The number of nitrogens with one attached hydrogen (secondary N) is 1. The first-order chi connectivity index (χ1) is 13.0. The number of carbonyl (C=O) groups excluding carboxylic acids is 1. The molecule has 1 amide bonds. The monoisotopic (exact) mass is 380 g/mol. The fourth-order valence-corrected chi connectivity index (χ4v) is 3.49. The molecule has 1 heterocycles. The maximum atomic E-state index is 12.3. The van der Waals surface area contributed by atoms with Crippen LogP contribution in [0.4, 0.5) is 5.69 Å². The number of hydrogen-bond donors (Lipinski definition) is 1. The van der Waals surface area contributed by atoms with Gasteiger partial charge in [0.15, 0.2) is 11.0 Å². The zero-order chi connectivity index (χ0) is 19.4. The van der Waals surface area contributed by atoms with Crippen LogP contribution in [0, 0.1) is 6.92 Å². The van der Waals surface area contributed by atoms with Crippen molar-refractivity contribution in [2.24, 2.45) is 7.05 Å². The lowest BCUT2D eigenvalue weighted by Crippen LogP contribution is -2.14. The number of rotatable bonds is 6. The minimum absolute atomic E-state index is 0.0576. The molecule has 0 fully saturated rings. The molecule has 1 aromatic heterocycles. The number of aromatic nitrogens is 3. The number of anilines is 1. The van der Waals surface area contributed by atoms with E-state index in [1.165, 1.54) is 17.3 Å². The highest BCUT2D eigenvalue weighted by Crippen LogP contribution is 2.25. The lowest BCUT2D eigenvalue weighted by atomic mass is 10.0. The highest BCUT2D eigenvalue weighted by atomic mass is 32.2. The Kier molecular flexibility index (Phi) is 5.96. The van der Waals surface area contributed by atoms with Crippen LogP contribution < -0.4 is 5.32 Å². The Morgan fingerprint density at radius 2 is 1.81 bits per heavy atom. The lowest BCUT2D eigenvalue weighted by molar-refractivity contribution is -0.113. The van der Waals surface area contributed by atoms with Crippen LogP contribution in [-0.2, 0) is 11.8 Å². The number of aryl methyl sites for hydroxylation is 1. The zero-order valence-corrected chi connectivity index (χ0v) is 16.9. The second-order valence-corrected chi connectivity index (χ2v) is 7.74. The Balaban J connectivity index is 1.62. The second kappa shape index (κ2) is 8.39. The summed E-state index contributed by atoms with van der Waals surface area (Å²) in [4.78, 5) is 12.3. The molecule has 2 aromatic carbocycles. The maximum absolute atomic E-state index is 12.3. The summed E-state index contributed by atoms with van der Waals surface area (Å²) in [7, 11) is 1.92. The molecule has 0 spiro atoms. The van der Waals surface area contributed by atoms with E-state index in [0.717, 1.165) is 27.8 Å². The van der Waals surface area contributed by atoms with Crippen molar-refractivity contribution in [3.63, 3.8) is 0 Å². The summed E-state index contributed by atoms with van der Waals surface area (Å²) in [5.74, 6) is 1.51. The summed E-state index contributed by atoms with van der Waals surface area (Å²) in [5.41, 5.74) is 4.26. The standard InChI is InChI=1S/C21H24N4OS/c1-14(2)16-9-11-17(12-10-16)22-19(26)13-27-21-24-23-20(25(21)4)18-8-6-5-7-15(18)3/h5-12,14H,13H2,1-4H3,(H,22,26). The van der Waals surface area contributed by atoms with E-state index in [0.29, 0.717) is 5.92 Å². The predicted octanol–water partition coefficient (Wildman–Crippen LogP) is 4.64. The van der Waals surface area contributed by atoms with Crippen LogP contribution in [0.15, 0.2) is 53.7 Å². The lowest BCUT2D eigenvalue weighted by Gasteiger charge is -2.08. The van der Waals surface area contributed by atoms with Crippen molar-refractivity contribution in [1.29, 1.82) is 0 Å². The summed E-state index contributed by atoms with van der Waals surface area (Å²) in [6.45, 7) is 6.35. The minimum atomic E-state index is -0.0576. The van der Waals surface area contributed by atoms with Crippen LogP contribution >= 0.6 is 11.8 Å². The van der Waals surface area contributed by atoms with Crippen LogP contribution in [-0.4, -0.2) is 26.4 Å². The van der Waals surface area contributed by atoms with Gasteiger partial charge in [-0.15, -0.1) is 10.2 Å². The van der Waals surface area contributed by atoms with E-state index in [-0.39, 0.29) is 11.7 Å². The van der Waals surface area contributed by atoms with Crippen LogP contribution in [0.1, 0.15) is 30.9 Å². The molecule has 3 aromatic rings. The molecule has 0 unspecified atom stereocenters. The average Bonchev–Trinajstić information content (AvgIpc) is 3.01. The minimum Gasteiger partial charge on any atom is -0.325 e. The Labute approximate surface area is 164 Å². The fourth-order valence-electron chi connectivity index (χ4n) is 2.78. The van der Waals surface area contributed by atoms with Crippen molar-refractivity contribution in [3.8, 4) is 11.4 Å². The highest BCUT2D eigenvalue weighted by molar-refractivity contribution is 7.99. The molecule has 27 heavy (non-hydrogen) atoms. The predicted molar refractivity (Wildman–Crippen MR) is 111 cm³/mol. The van der Waals surface area contributed by atoms with Crippen molar-refractivity contribution in [2.45, 2.75) is 31.8 Å². The van der Waals surface area contributed by atoms with Gasteiger partial charge in [-0.25, -0.2) is 0 Å². The zero-order valence-electron chi connectivity index (χ0n) is 16.1. The maximum Gasteiger partial charge on any atom is 0.234 e. The molecule has 5 nitrogen and oxygen atoms in total. The summed E-state index contributed by atoms with van der Waals surface area (Å²) in [6, 6.07) is 16.0. The van der Waals surface area contributed by atoms with Crippen LogP contribution in [0.2, 0.25) is 0 Å². The summed E-state index contributed by atoms with van der Waals surface area (Å²) in [6.07, 6.45) is 0. The molecule has 6 heteroatoms. The van der Waals surface area contributed by atoms with E-state index in [9.17, 15) is 4.79 Å². The Hall–Kier alpha value is -2.60. The van der Waals surface area contributed by atoms with Gasteiger partial charge in [0, 0.05) is 18.3 Å². The van der Waals surface area contributed by atoms with E-state index in [2.05, 4.69) is 42.4 Å². The normalized spacial score (nSPS) is 11.0. The molecule has 0 bridgehead atoms. The van der Waals surface area contributed by atoms with Gasteiger partial charge in [-0.1, -0.05) is 62.0 Å². The topological polar surface area (TPSA) is 59.8 Å². The molecule has 0 atom stereocenters. The number of carbonyl (C=O) groups is 1. The van der Waals surface area contributed by atoms with Crippen molar-refractivity contribution >= 4 is 23.4 Å². The second-order valence-electron chi connectivity index (χ2n) is 6.79. The summed E-state index contributed by atoms with van der Waals surface area (Å²) in [5, 5.41) is 12.2. The molecule has 140 valence electrons. The molecular formula is C21H24N4OS. The van der Waals surface area contributed by atoms with Gasteiger partial charge in [-0.2, -0.15) is 0 Å². The van der Waals surface area contributed by atoms with Gasteiger partial charge < -0.3 is 9.88 Å². The quantitative estimate of drug-likeness (QED) is 0.633. The molecular weight excluding hydrogens is 356 g/mol. The smallest absolute Gasteiger partial charge is 0.234 e. The van der Waals surface area contributed by atoms with E-state index in [1.54, 1.807) is 0 Å². The first-order valence-corrected chi connectivity index (χ1v) is 9.92. The number of thioether (sulfide) groups is 1. The number of benzene rings is 2. The van der Waals surface area contributed by atoms with E-state index < -0.39 is 0 Å². The molecule has 0 saturated carbocycles. The van der Waals surface area contributed by atoms with Gasteiger partial charge in [0.2, 0.25) is 5.91 Å². The molecule has 0 aliphatic heterocycles. The summed E-state index contributed by atoms with van der Waals surface area (Å²) < 4.78 is 1.93. The SMILES string of the molecule is Cc1ccccc1-c1nnc(SCC(=O)Nc2ccc(C(C)C)cc2)n1C. The van der Waals surface area contributed by atoms with Crippen molar-refractivity contribution < 1.29 is 4.79 Å². The first-order valence-electron chi connectivity index (χ1n) is 8.93. The van der Waals surface area contributed by atoms with Crippen LogP contribution in [0.25, 0.3) is 11.4 Å². The molecule has 1 N–H and O–H groups in total. The Morgan fingerprint density at radius 3 is 2.48 bits per heavy atom. The van der Waals surface area contributed by atoms with E-state index in [1.807, 2.05) is 54.1 Å². The molecule has 3 rings (SSSR count). The fraction of sp³-hybridized carbons (Fsp3) is 0.286. The van der Waals surface area contributed by atoms with E-state index >= 15 is 0 Å². The molecule has 0 aliphatic rings. The molecule has 0 radical (unpaired) electrons. The average molecular weight is 381 g/mol. The summed E-state index contributed by atoms with van der Waals surface area (Å²) >= 11 is 1.38. The highest BCUT2D eigenvalue weighted by Gasteiger charge is 2.14. The number of hydrogen-bond acceptors (Lipinski definition) is 4. The first kappa shape index (κ1) is 19.2. The van der Waals surface area contributed by atoms with Gasteiger partial charge in [0.1, 0.15) is 0 Å². The van der Waals surface area contributed by atoms with Gasteiger partial charge >= 0.3 is 0 Å². The third kappa shape index (κ3) is 4.57. The van der Waals surface area contributed by atoms with Crippen molar-refractivity contribution in [3.05, 3.63) is 59.7 Å². The number of nitrogens with zero attached hydrogens (tertiary/aromatic N) is 3. The number of amides is 1. The largest absolute Gasteiger partial charge is 0.325 e. The van der Waals surface area contributed by atoms with Gasteiger partial charge in [-0.3, -0.25) is 4.79 Å². The van der Waals surface area contributed by atoms with Crippen LogP contribution in [0.3, 0.4) is 0 Å². The Morgan fingerprint density at radius 1 is 1.11 bits per heavy atom. The van der Waals surface area contributed by atoms with Gasteiger partial charge in [0.05, 0.1) is 5.75 Å². The molecule has 0 saturated heterocycles. The van der Waals surface area contributed by atoms with Crippen molar-refractivity contribution in [1.82, 2.24) is 14.8 Å². The van der Waals surface area contributed by atoms with E-state index in [4.69, 9.17) is 0 Å².